The number of anilines is 1. The van der Waals surface area contributed by atoms with E-state index >= 15 is 0 Å². The lowest BCUT2D eigenvalue weighted by Gasteiger charge is -2.35. The molecule has 0 radical (unpaired) electrons. The summed E-state index contributed by atoms with van der Waals surface area (Å²) in [4.78, 5) is 29.6. The topological polar surface area (TPSA) is 86.8 Å². The lowest BCUT2D eigenvalue weighted by Crippen LogP contribution is -2.56. The first-order valence-corrected chi connectivity index (χ1v) is 15.4. The van der Waals surface area contributed by atoms with E-state index in [1.165, 1.54) is 4.90 Å². The SMILES string of the molecule is CC(C)(C)NC(=O)C(Cc1ccccc1)N(Cc1ccccc1)C(=O)CN(c1cccc2ccccc12)S(C)(=O)=O. The summed E-state index contributed by atoms with van der Waals surface area (Å²) in [6.07, 6.45) is 1.37. The molecule has 0 heterocycles. The summed E-state index contributed by atoms with van der Waals surface area (Å²) in [5.74, 6) is -0.779. The smallest absolute Gasteiger partial charge is 0.244 e. The van der Waals surface area contributed by atoms with Gasteiger partial charge in [-0.25, -0.2) is 8.42 Å². The van der Waals surface area contributed by atoms with Crippen molar-refractivity contribution in [1.29, 1.82) is 0 Å². The highest BCUT2D eigenvalue weighted by Gasteiger charge is 2.34. The zero-order valence-electron chi connectivity index (χ0n) is 23.9. The van der Waals surface area contributed by atoms with Crippen LogP contribution >= 0.6 is 0 Å². The van der Waals surface area contributed by atoms with Gasteiger partial charge in [-0.15, -0.1) is 0 Å². The molecule has 0 spiro atoms. The zero-order valence-corrected chi connectivity index (χ0v) is 24.8. The van der Waals surface area contributed by atoms with Crippen molar-refractivity contribution in [2.75, 3.05) is 17.1 Å². The highest BCUT2D eigenvalue weighted by atomic mass is 32.2. The van der Waals surface area contributed by atoms with Gasteiger partial charge < -0.3 is 10.2 Å². The molecule has 2 amide bonds. The number of benzene rings is 4. The van der Waals surface area contributed by atoms with Crippen LogP contribution in [0, 0.1) is 0 Å². The first-order chi connectivity index (χ1) is 19.4. The second kappa shape index (κ2) is 12.6. The van der Waals surface area contributed by atoms with Crippen molar-refractivity contribution in [3.8, 4) is 0 Å². The highest BCUT2D eigenvalue weighted by Crippen LogP contribution is 2.29. The molecule has 0 saturated carbocycles. The van der Waals surface area contributed by atoms with Crippen LogP contribution in [0.2, 0.25) is 0 Å². The number of hydrogen-bond donors (Lipinski definition) is 1. The van der Waals surface area contributed by atoms with Gasteiger partial charge in [-0.3, -0.25) is 13.9 Å². The van der Waals surface area contributed by atoms with Crippen LogP contribution in [0.1, 0.15) is 31.9 Å². The molecule has 0 aromatic heterocycles. The quantitative estimate of drug-likeness (QED) is 0.285. The van der Waals surface area contributed by atoms with Crippen LogP contribution in [0.3, 0.4) is 0 Å². The maximum Gasteiger partial charge on any atom is 0.244 e. The Kier molecular flexibility index (Phi) is 9.13. The maximum absolute atomic E-state index is 14.3. The number of carbonyl (C=O) groups is 2. The fraction of sp³-hybridized carbons (Fsp3) is 0.273. The minimum atomic E-state index is -3.86. The van der Waals surface area contributed by atoms with Crippen molar-refractivity contribution in [1.82, 2.24) is 10.2 Å². The zero-order chi connectivity index (χ0) is 29.6. The fourth-order valence-corrected chi connectivity index (χ4v) is 5.67. The van der Waals surface area contributed by atoms with Crippen molar-refractivity contribution < 1.29 is 18.0 Å². The third kappa shape index (κ3) is 7.95. The van der Waals surface area contributed by atoms with E-state index < -0.39 is 34.1 Å². The van der Waals surface area contributed by atoms with Gasteiger partial charge in [-0.2, -0.15) is 0 Å². The predicted molar refractivity (Wildman–Crippen MR) is 165 cm³/mol. The van der Waals surface area contributed by atoms with Gasteiger partial charge >= 0.3 is 0 Å². The van der Waals surface area contributed by atoms with E-state index in [-0.39, 0.29) is 18.9 Å². The van der Waals surface area contributed by atoms with Gasteiger partial charge in [0.15, 0.2) is 0 Å². The molecule has 214 valence electrons. The summed E-state index contributed by atoms with van der Waals surface area (Å²) in [5.41, 5.74) is 1.60. The molecule has 0 bridgehead atoms. The van der Waals surface area contributed by atoms with E-state index in [0.717, 1.165) is 27.1 Å². The van der Waals surface area contributed by atoms with Gasteiger partial charge in [0, 0.05) is 23.9 Å². The first-order valence-electron chi connectivity index (χ1n) is 13.6. The van der Waals surface area contributed by atoms with Crippen molar-refractivity contribution >= 4 is 38.3 Å². The molecule has 7 nitrogen and oxygen atoms in total. The average Bonchev–Trinajstić information content (AvgIpc) is 2.93. The molecular formula is C33H37N3O4S. The number of nitrogens with one attached hydrogen (secondary N) is 1. The van der Waals surface area contributed by atoms with Gasteiger partial charge in [0.1, 0.15) is 12.6 Å². The maximum atomic E-state index is 14.3. The van der Waals surface area contributed by atoms with Gasteiger partial charge in [0.25, 0.3) is 0 Å². The summed E-state index contributed by atoms with van der Waals surface area (Å²) in [7, 11) is -3.86. The molecule has 4 aromatic rings. The first kappa shape index (κ1) is 29.8. The lowest BCUT2D eigenvalue weighted by molar-refractivity contribution is -0.140. The number of amides is 2. The summed E-state index contributed by atoms with van der Waals surface area (Å²) >= 11 is 0. The molecule has 8 heteroatoms. The number of sulfonamides is 1. The van der Waals surface area contributed by atoms with Crippen LogP contribution in [0.4, 0.5) is 5.69 Å². The van der Waals surface area contributed by atoms with E-state index in [1.807, 2.05) is 112 Å². The number of hydrogen-bond acceptors (Lipinski definition) is 4. The summed E-state index contributed by atoms with van der Waals surface area (Å²) < 4.78 is 27.4. The van der Waals surface area contributed by atoms with E-state index in [4.69, 9.17) is 0 Å². The predicted octanol–water partition coefficient (Wildman–Crippen LogP) is 5.16. The minimum absolute atomic E-state index is 0.141. The Hall–Kier alpha value is -4.17. The molecule has 0 saturated heterocycles. The molecule has 1 unspecified atom stereocenters. The van der Waals surface area contributed by atoms with Crippen molar-refractivity contribution in [2.24, 2.45) is 0 Å². The summed E-state index contributed by atoms with van der Waals surface area (Å²) in [6, 6.07) is 30.9. The molecule has 0 aliphatic rings. The standard InChI is InChI=1S/C33H37N3O4S/c1-33(2,3)34-32(38)30(22-25-14-7-5-8-15-25)35(23-26-16-9-6-10-17-26)31(37)24-36(41(4,39)40)29-21-13-19-27-18-11-12-20-28(27)29/h5-21,30H,22-24H2,1-4H3,(H,34,38). The Morgan fingerprint density at radius 3 is 1.95 bits per heavy atom. The van der Waals surface area contributed by atoms with Crippen LogP contribution in [-0.4, -0.2) is 49.5 Å². The molecule has 0 aliphatic heterocycles. The second-order valence-corrected chi connectivity index (χ2v) is 13.1. The number of rotatable bonds is 10. The molecule has 41 heavy (non-hydrogen) atoms. The van der Waals surface area contributed by atoms with Crippen molar-refractivity contribution in [3.63, 3.8) is 0 Å². The van der Waals surface area contributed by atoms with Crippen LogP contribution in [0.5, 0.6) is 0 Å². The Bertz CT molecular complexity index is 1590. The average molecular weight is 572 g/mol. The van der Waals surface area contributed by atoms with E-state index in [0.29, 0.717) is 11.1 Å². The van der Waals surface area contributed by atoms with Crippen LogP contribution in [0.15, 0.2) is 103 Å². The molecule has 1 atom stereocenters. The summed E-state index contributed by atoms with van der Waals surface area (Å²) in [6.45, 7) is 5.36. The van der Waals surface area contributed by atoms with E-state index in [2.05, 4.69) is 5.32 Å². The number of carbonyl (C=O) groups excluding carboxylic acids is 2. The number of nitrogens with zero attached hydrogens (tertiary/aromatic N) is 2. The lowest BCUT2D eigenvalue weighted by atomic mass is 10.0. The third-order valence-electron chi connectivity index (χ3n) is 6.68. The molecule has 0 aliphatic carbocycles. The monoisotopic (exact) mass is 571 g/mol. The number of fused-ring (bicyclic) bond motifs is 1. The molecule has 4 rings (SSSR count). The Morgan fingerprint density at radius 1 is 0.780 bits per heavy atom. The van der Waals surface area contributed by atoms with E-state index in [1.54, 1.807) is 12.1 Å². The normalized spacial score (nSPS) is 12.5. The van der Waals surface area contributed by atoms with Gasteiger partial charge in [-0.05, 0) is 43.4 Å². The van der Waals surface area contributed by atoms with Gasteiger partial charge in [0.2, 0.25) is 21.8 Å². The molecule has 0 fully saturated rings. The fourth-order valence-electron chi connectivity index (χ4n) is 4.81. The summed E-state index contributed by atoms with van der Waals surface area (Å²) in [5, 5.41) is 4.61. The largest absolute Gasteiger partial charge is 0.350 e. The molecule has 4 aromatic carbocycles. The second-order valence-electron chi connectivity index (χ2n) is 11.2. The Labute approximate surface area is 242 Å². The van der Waals surface area contributed by atoms with Crippen LogP contribution in [-0.2, 0) is 32.6 Å². The van der Waals surface area contributed by atoms with Crippen molar-refractivity contribution in [3.05, 3.63) is 114 Å². The van der Waals surface area contributed by atoms with Gasteiger partial charge in [-0.1, -0.05) is 97.1 Å². The Morgan fingerprint density at radius 2 is 1.34 bits per heavy atom. The van der Waals surface area contributed by atoms with Crippen LogP contribution < -0.4 is 9.62 Å². The highest BCUT2D eigenvalue weighted by molar-refractivity contribution is 7.92. The van der Waals surface area contributed by atoms with Crippen LogP contribution in [0.25, 0.3) is 10.8 Å². The van der Waals surface area contributed by atoms with Gasteiger partial charge in [0.05, 0.1) is 11.9 Å². The molecular weight excluding hydrogens is 534 g/mol. The third-order valence-corrected chi connectivity index (χ3v) is 7.81. The van der Waals surface area contributed by atoms with Crippen molar-refractivity contribution in [2.45, 2.75) is 45.3 Å². The van der Waals surface area contributed by atoms with E-state index in [9.17, 15) is 18.0 Å². The molecule has 1 N–H and O–H groups in total. The Balaban J connectivity index is 1.78. The minimum Gasteiger partial charge on any atom is -0.350 e.